The number of hydrogen-bond acceptors (Lipinski definition) is 3. The van der Waals surface area contributed by atoms with Gasteiger partial charge in [0.05, 0.1) is 13.2 Å². The summed E-state index contributed by atoms with van der Waals surface area (Å²) in [5.41, 5.74) is 3.35. The van der Waals surface area contributed by atoms with Crippen molar-refractivity contribution in [2.45, 2.75) is 13.2 Å². The molecule has 0 unspecified atom stereocenters. The van der Waals surface area contributed by atoms with E-state index in [1.165, 1.54) is 6.07 Å². The Bertz CT molecular complexity index is 637. The number of carbonyl (C=O) groups excluding carboxylic acids is 1. The largest absolute Gasteiger partial charge is 0.508 e. The van der Waals surface area contributed by atoms with Crippen LogP contribution in [0, 0.1) is 0 Å². The zero-order valence-corrected chi connectivity index (χ0v) is 10.2. The average Bonchev–Trinajstić information content (AvgIpc) is 2.85. The quantitative estimate of drug-likeness (QED) is 0.867. The molecule has 0 saturated carbocycles. The molecule has 0 atom stereocenters. The minimum absolute atomic E-state index is 0.125. The predicted molar refractivity (Wildman–Crippen MR) is 71.0 cm³/mol. The summed E-state index contributed by atoms with van der Waals surface area (Å²) < 4.78 is 5.32. The monoisotopic (exact) mass is 255 g/mol. The first-order valence-electron chi connectivity index (χ1n) is 6.02. The fourth-order valence-corrected chi connectivity index (χ4v) is 2.10. The van der Waals surface area contributed by atoms with Crippen LogP contribution in [0.4, 0.5) is 5.69 Å². The molecule has 19 heavy (non-hydrogen) atoms. The lowest BCUT2D eigenvalue weighted by Gasteiger charge is -2.06. The number of phenols is 1. The molecule has 96 valence electrons. The summed E-state index contributed by atoms with van der Waals surface area (Å²) in [5, 5.41) is 12.1. The normalized spacial score (nSPS) is 13.1. The Kier molecular flexibility index (Phi) is 2.93. The molecule has 2 N–H and O–H groups in total. The van der Waals surface area contributed by atoms with Crippen LogP contribution in [0.1, 0.15) is 21.5 Å². The highest BCUT2D eigenvalue weighted by Gasteiger charge is 2.14. The minimum atomic E-state index is -0.194. The number of fused-ring (bicyclic) bond motifs is 1. The molecule has 1 amide bonds. The van der Waals surface area contributed by atoms with Crippen LogP contribution in [0.3, 0.4) is 0 Å². The van der Waals surface area contributed by atoms with Crippen molar-refractivity contribution in [1.29, 1.82) is 0 Å². The van der Waals surface area contributed by atoms with Gasteiger partial charge in [-0.05, 0) is 35.4 Å². The first kappa shape index (κ1) is 11.7. The maximum absolute atomic E-state index is 12.1. The lowest BCUT2D eigenvalue weighted by atomic mass is 10.1. The Morgan fingerprint density at radius 1 is 1.11 bits per heavy atom. The molecule has 4 heteroatoms. The van der Waals surface area contributed by atoms with Crippen LogP contribution in [0.25, 0.3) is 0 Å². The van der Waals surface area contributed by atoms with E-state index in [2.05, 4.69) is 5.32 Å². The van der Waals surface area contributed by atoms with Crippen molar-refractivity contribution >= 4 is 11.6 Å². The molecule has 0 radical (unpaired) electrons. The van der Waals surface area contributed by atoms with Crippen molar-refractivity contribution in [2.75, 3.05) is 5.32 Å². The first-order chi connectivity index (χ1) is 9.22. The summed E-state index contributed by atoms with van der Waals surface area (Å²) in [4.78, 5) is 12.1. The van der Waals surface area contributed by atoms with Crippen LogP contribution in [0.15, 0.2) is 42.5 Å². The van der Waals surface area contributed by atoms with Gasteiger partial charge in [0, 0.05) is 17.3 Å². The lowest BCUT2D eigenvalue weighted by molar-refractivity contribution is 0.102. The van der Waals surface area contributed by atoms with E-state index in [1.807, 2.05) is 12.1 Å². The van der Waals surface area contributed by atoms with E-state index in [9.17, 15) is 9.90 Å². The fourth-order valence-electron chi connectivity index (χ4n) is 2.10. The number of amides is 1. The van der Waals surface area contributed by atoms with Crippen LogP contribution in [-0.4, -0.2) is 11.0 Å². The SMILES string of the molecule is O=C(Nc1cccc(O)c1)c1ccc2c(c1)COC2. The van der Waals surface area contributed by atoms with Gasteiger partial charge in [-0.2, -0.15) is 0 Å². The smallest absolute Gasteiger partial charge is 0.255 e. The highest BCUT2D eigenvalue weighted by atomic mass is 16.5. The van der Waals surface area contributed by atoms with Crippen molar-refractivity contribution in [1.82, 2.24) is 0 Å². The molecular weight excluding hydrogens is 242 g/mol. The Labute approximate surface area is 110 Å². The molecule has 2 aromatic rings. The average molecular weight is 255 g/mol. The zero-order valence-electron chi connectivity index (χ0n) is 10.2. The summed E-state index contributed by atoms with van der Waals surface area (Å²) in [7, 11) is 0. The van der Waals surface area contributed by atoms with Gasteiger partial charge in [-0.25, -0.2) is 0 Å². The Morgan fingerprint density at radius 2 is 1.95 bits per heavy atom. The van der Waals surface area contributed by atoms with E-state index < -0.39 is 0 Å². The standard InChI is InChI=1S/C15H13NO3/c17-14-3-1-2-13(7-14)16-15(18)10-4-5-11-8-19-9-12(11)6-10/h1-7,17H,8-9H2,(H,16,18). The third-order valence-corrected chi connectivity index (χ3v) is 3.09. The highest BCUT2D eigenvalue weighted by molar-refractivity contribution is 6.04. The van der Waals surface area contributed by atoms with Gasteiger partial charge >= 0.3 is 0 Å². The van der Waals surface area contributed by atoms with E-state index in [4.69, 9.17) is 4.74 Å². The number of carbonyl (C=O) groups is 1. The number of anilines is 1. The molecule has 2 aromatic carbocycles. The topological polar surface area (TPSA) is 58.6 Å². The molecule has 1 heterocycles. The Hall–Kier alpha value is -2.33. The second kappa shape index (κ2) is 4.74. The summed E-state index contributed by atoms with van der Waals surface area (Å²) >= 11 is 0. The number of ether oxygens (including phenoxy) is 1. The third-order valence-electron chi connectivity index (χ3n) is 3.09. The van der Waals surface area contributed by atoms with Crippen LogP contribution in [-0.2, 0) is 18.0 Å². The number of rotatable bonds is 2. The van der Waals surface area contributed by atoms with Crippen LogP contribution < -0.4 is 5.32 Å². The first-order valence-corrected chi connectivity index (χ1v) is 6.02. The number of hydrogen-bond donors (Lipinski definition) is 2. The van der Waals surface area contributed by atoms with E-state index in [0.717, 1.165) is 11.1 Å². The summed E-state index contributed by atoms with van der Waals surface area (Å²) in [6.45, 7) is 1.17. The number of nitrogens with one attached hydrogen (secondary N) is 1. The summed E-state index contributed by atoms with van der Waals surface area (Å²) in [6, 6.07) is 12.0. The molecule has 4 nitrogen and oxygen atoms in total. The van der Waals surface area contributed by atoms with Crippen molar-refractivity contribution in [2.24, 2.45) is 0 Å². The van der Waals surface area contributed by atoms with Crippen molar-refractivity contribution < 1.29 is 14.6 Å². The van der Waals surface area contributed by atoms with Gasteiger partial charge in [0.25, 0.3) is 5.91 Å². The van der Waals surface area contributed by atoms with Gasteiger partial charge in [-0.15, -0.1) is 0 Å². The van der Waals surface area contributed by atoms with E-state index >= 15 is 0 Å². The predicted octanol–water partition coefficient (Wildman–Crippen LogP) is 2.67. The summed E-state index contributed by atoms with van der Waals surface area (Å²) in [6.07, 6.45) is 0. The van der Waals surface area contributed by atoms with E-state index in [1.54, 1.807) is 24.3 Å². The number of aromatic hydroxyl groups is 1. The molecule has 0 spiro atoms. The molecule has 0 aromatic heterocycles. The van der Waals surface area contributed by atoms with Crippen LogP contribution in [0.5, 0.6) is 5.75 Å². The van der Waals surface area contributed by atoms with E-state index in [-0.39, 0.29) is 11.7 Å². The van der Waals surface area contributed by atoms with Gasteiger partial charge in [0.2, 0.25) is 0 Å². The van der Waals surface area contributed by atoms with Crippen molar-refractivity contribution in [3.63, 3.8) is 0 Å². The number of benzene rings is 2. The molecule has 3 rings (SSSR count). The second-order valence-electron chi connectivity index (χ2n) is 4.48. The second-order valence-corrected chi connectivity index (χ2v) is 4.48. The van der Waals surface area contributed by atoms with Gasteiger partial charge in [-0.3, -0.25) is 4.79 Å². The van der Waals surface area contributed by atoms with Crippen molar-refractivity contribution in [3.8, 4) is 5.75 Å². The molecular formula is C15H13NO3. The molecule has 0 aliphatic carbocycles. The number of phenolic OH excluding ortho intramolecular Hbond substituents is 1. The highest BCUT2D eigenvalue weighted by Crippen LogP contribution is 2.22. The Morgan fingerprint density at radius 3 is 2.79 bits per heavy atom. The van der Waals surface area contributed by atoms with Crippen LogP contribution in [0.2, 0.25) is 0 Å². The van der Waals surface area contributed by atoms with Crippen LogP contribution >= 0.6 is 0 Å². The lowest BCUT2D eigenvalue weighted by Crippen LogP contribution is -2.12. The minimum Gasteiger partial charge on any atom is -0.508 e. The summed E-state index contributed by atoms with van der Waals surface area (Å²) in [5.74, 6) is -0.0690. The molecule has 0 saturated heterocycles. The molecule has 0 fully saturated rings. The van der Waals surface area contributed by atoms with E-state index in [0.29, 0.717) is 24.5 Å². The molecule has 1 aliphatic rings. The van der Waals surface area contributed by atoms with Gasteiger partial charge < -0.3 is 15.2 Å². The van der Waals surface area contributed by atoms with Gasteiger partial charge in [0.1, 0.15) is 5.75 Å². The van der Waals surface area contributed by atoms with Gasteiger partial charge in [0.15, 0.2) is 0 Å². The maximum atomic E-state index is 12.1. The maximum Gasteiger partial charge on any atom is 0.255 e. The third kappa shape index (κ3) is 2.44. The fraction of sp³-hybridized carbons (Fsp3) is 0.133. The zero-order chi connectivity index (χ0) is 13.2. The van der Waals surface area contributed by atoms with Crippen molar-refractivity contribution in [3.05, 3.63) is 59.2 Å². The van der Waals surface area contributed by atoms with Gasteiger partial charge in [-0.1, -0.05) is 12.1 Å². The molecule has 0 bridgehead atoms. The molecule has 1 aliphatic heterocycles. The Balaban J connectivity index is 1.81.